The zero-order valence-corrected chi connectivity index (χ0v) is 20.7. The first kappa shape index (κ1) is 22.3. The van der Waals surface area contributed by atoms with Gasteiger partial charge in [0.25, 0.3) is 0 Å². The van der Waals surface area contributed by atoms with Crippen LogP contribution in [0.15, 0.2) is 109 Å². The van der Waals surface area contributed by atoms with Crippen molar-refractivity contribution < 1.29 is 4.79 Å². The molecule has 0 saturated carbocycles. The minimum Gasteiger partial charge on any atom is -0.325 e. The fraction of sp³-hybridized carbons (Fsp3) is 0.147. The summed E-state index contributed by atoms with van der Waals surface area (Å²) >= 11 is 0. The minimum atomic E-state index is -0.188. The molecule has 0 aliphatic heterocycles. The van der Waals surface area contributed by atoms with Gasteiger partial charge in [-0.1, -0.05) is 115 Å². The van der Waals surface area contributed by atoms with Crippen molar-refractivity contribution in [1.29, 1.82) is 0 Å². The van der Waals surface area contributed by atoms with Crippen LogP contribution >= 0.6 is 0 Å². The molecule has 1 aliphatic carbocycles. The van der Waals surface area contributed by atoms with Crippen LogP contribution in [0.1, 0.15) is 50.8 Å². The van der Waals surface area contributed by atoms with Crippen molar-refractivity contribution in [3.05, 3.63) is 148 Å². The van der Waals surface area contributed by atoms with Gasteiger partial charge in [0.05, 0.1) is 5.92 Å². The van der Waals surface area contributed by atoms with Crippen LogP contribution in [-0.2, 0) is 11.2 Å². The van der Waals surface area contributed by atoms with E-state index in [1.54, 1.807) is 0 Å². The number of amides is 1. The Bertz CT molecular complexity index is 1530. The molecule has 2 heteroatoms. The molecule has 5 aromatic rings. The first-order valence-electron chi connectivity index (χ1n) is 12.6. The van der Waals surface area contributed by atoms with Gasteiger partial charge in [-0.3, -0.25) is 4.79 Å². The number of carbonyl (C=O) groups excluding carboxylic acids is 1. The largest absolute Gasteiger partial charge is 0.325 e. The summed E-state index contributed by atoms with van der Waals surface area (Å²) in [6, 6.07) is 38.2. The lowest BCUT2D eigenvalue weighted by Crippen LogP contribution is -2.23. The Hall–Kier alpha value is -4.17. The zero-order valence-electron chi connectivity index (χ0n) is 20.7. The summed E-state index contributed by atoms with van der Waals surface area (Å²) in [5.41, 5.74) is 9.15. The molecule has 0 fully saturated rings. The highest BCUT2D eigenvalue weighted by Crippen LogP contribution is 2.41. The second-order valence-corrected chi connectivity index (χ2v) is 9.91. The predicted molar refractivity (Wildman–Crippen MR) is 149 cm³/mol. The molecule has 0 heterocycles. The van der Waals surface area contributed by atoms with Crippen LogP contribution in [0.5, 0.6) is 0 Å². The van der Waals surface area contributed by atoms with Crippen molar-refractivity contribution in [2.75, 3.05) is 5.32 Å². The quantitative estimate of drug-likeness (QED) is 0.261. The molecule has 0 radical (unpaired) electrons. The molecule has 0 aromatic heterocycles. The van der Waals surface area contributed by atoms with Crippen LogP contribution in [0.25, 0.3) is 10.8 Å². The molecular formula is C34H29NO. The standard InChI is InChI=1S/C34H29NO/c1-22-19-23(2)33(30(20-22)31(24-11-5-3-6-12-24)25-13-7-4-8-14-25)35-34(36)29-21-27-17-9-15-26-16-10-18-28(29)32(26)27/h3-20,29,31H,21H2,1-2H3,(H,35,36). The number of rotatable bonds is 5. The Labute approximate surface area is 212 Å². The van der Waals surface area contributed by atoms with Gasteiger partial charge < -0.3 is 5.32 Å². The third-order valence-corrected chi connectivity index (χ3v) is 7.47. The average Bonchev–Trinajstić information content (AvgIpc) is 3.28. The molecule has 1 atom stereocenters. The predicted octanol–water partition coefficient (Wildman–Crippen LogP) is 7.92. The van der Waals surface area contributed by atoms with Gasteiger partial charge >= 0.3 is 0 Å². The van der Waals surface area contributed by atoms with E-state index in [4.69, 9.17) is 0 Å². The number of hydrogen-bond donors (Lipinski definition) is 1. The van der Waals surface area contributed by atoms with Crippen molar-refractivity contribution >= 4 is 22.4 Å². The van der Waals surface area contributed by atoms with Crippen molar-refractivity contribution in [2.24, 2.45) is 0 Å². The van der Waals surface area contributed by atoms with E-state index in [1.807, 2.05) is 12.1 Å². The molecular weight excluding hydrogens is 438 g/mol. The highest BCUT2D eigenvalue weighted by Gasteiger charge is 2.31. The molecule has 5 aromatic carbocycles. The van der Waals surface area contributed by atoms with E-state index < -0.39 is 0 Å². The van der Waals surface area contributed by atoms with Crippen molar-refractivity contribution in [1.82, 2.24) is 0 Å². The second kappa shape index (κ2) is 9.13. The first-order chi connectivity index (χ1) is 17.6. The van der Waals surface area contributed by atoms with Gasteiger partial charge in [-0.05, 0) is 64.4 Å². The van der Waals surface area contributed by atoms with Crippen LogP contribution in [0, 0.1) is 13.8 Å². The lowest BCUT2D eigenvalue weighted by molar-refractivity contribution is -0.117. The fourth-order valence-corrected chi connectivity index (χ4v) is 5.93. The van der Waals surface area contributed by atoms with Crippen LogP contribution in [0.4, 0.5) is 5.69 Å². The Kier molecular flexibility index (Phi) is 5.65. The molecule has 0 bridgehead atoms. The highest BCUT2D eigenvalue weighted by atomic mass is 16.1. The van der Waals surface area contributed by atoms with Crippen molar-refractivity contribution in [3.8, 4) is 0 Å². The van der Waals surface area contributed by atoms with Gasteiger partial charge in [0.1, 0.15) is 0 Å². The van der Waals surface area contributed by atoms with Crippen LogP contribution in [0.2, 0.25) is 0 Å². The van der Waals surface area contributed by atoms with E-state index in [1.165, 1.54) is 33.0 Å². The summed E-state index contributed by atoms with van der Waals surface area (Å²) in [6.07, 6.45) is 0.740. The molecule has 176 valence electrons. The maximum atomic E-state index is 13.9. The molecule has 1 N–H and O–H groups in total. The Morgan fingerprint density at radius 1 is 0.778 bits per heavy atom. The monoisotopic (exact) mass is 467 g/mol. The third-order valence-electron chi connectivity index (χ3n) is 7.47. The van der Waals surface area contributed by atoms with Crippen molar-refractivity contribution in [3.63, 3.8) is 0 Å². The maximum absolute atomic E-state index is 13.9. The van der Waals surface area contributed by atoms with Crippen LogP contribution in [-0.4, -0.2) is 5.91 Å². The molecule has 0 saturated heterocycles. The number of carbonyl (C=O) groups is 1. The second-order valence-electron chi connectivity index (χ2n) is 9.91. The summed E-state index contributed by atoms with van der Waals surface area (Å²) in [5, 5.41) is 5.86. The van der Waals surface area contributed by atoms with E-state index in [-0.39, 0.29) is 17.7 Å². The molecule has 1 aliphatic rings. The van der Waals surface area contributed by atoms with E-state index in [9.17, 15) is 4.79 Å². The molecule has 0 spiro atoms. The Morgan fingerprint density at radius 3 is 2.08 bits per heavy atom. The van der Waals surface area contributed by atoms with Crippen LogP contribution < -0.4 is 5.32 Å². The van der Waals surface area contributed by atoms with Gasteiger partial charge in [0, 0.05) is 11.6 Å². The normalized spacial score (nSPS) is 14.4. The zero-order chi connectivity index (χ0) is 24.6. The van der Waals surface area contributed by atoms with Gasteiger partial charge in [-0.2, -0.15) is 0 Å². The highest BCUT2D eigenvalue weighted by molar-refractivity contribution is 6.03. The van der Waals surface area contributed by atoms with Gasteiger partial charge in [0.2, 0.25) is 5.91 Å². The fourth-order valence-electron chi connectivity index (χ4n) is 5.93. The minimum absolute atomic E-state index is 0.0190. The Balaban J connectivity index is 1.44. The van der Waals surface area contributed by atoms with E-state index >= 15 is 0 Å². The summed E-state index contributed by atoms with van der Waals surface area (Å²) in [6.45, 7) is 4.23. The number of benzene rings is 5. The smallest absolute Gasteiger partial charge is 0.232 e. The van der Waals surface area contributed by atoms with Crippen LogP contribution in [0.3, 0.4) is 0 Å². The number of anilines is 1. The Morgan fingerprint density at radius 2 is 1.42 bits per heavy atom. The lowest BCUT2D eigenvalue weighted by Gasteiger charge is -2.25. The first-order valence-corrected chi connectivity index (χ1v) is 12.6. The van der Waals surface area contributed by atoms with E-state index in [0.29, 0.717) is 0 Å². The molecule has 36 heavy (non-hydrogen) atoms. The summed E-state index contributed by atoms with van der Waals surface area (Å²) in [7, 11) is 0. The van der Waals surface area contributed by atoms with E-state index in [2.05, 4.69) is 116 Å². The molecule has 1 unspecified atom stereocenters. The average molecular weight is 468 g/mol. The van der Waals surface area contributed by atoms with Gasteiger partial charge in [0.15, 0.2) is 0 Å². The summed E-state index contributed by atoms with van der Waals surface area (Å²) in [5.74, 6) is -0.108. The van der Waals surface area contributed by atoms with Crippen molar-refractivity contribution in [2.45, 2.75) is 32.1 Å². The maximum Gasteiger partial charge on any atom is 0.232 e. The molecule has 2 nitrogen and oxygen atoms in total. The summed E-state index contributed by atoms with van der Waals surface area (Å²) in [4.78, 5) is 13.9. The number of aryl methyl sites for hydroxylation is 2. The molecule has 1 amide bonds. The summed E-state index contributed by atoms with van der Waals surface area (Å²) < 4.78 is 0. The third kappa shape index (κ3) is 3.89. The SMILES string of the molecule is Cc1cc(C)c(NC(=O)C2Cc3cccc4cccc2c34)c(C(c2ccccc2)c2ccccc2)c1. The molecule has 6 rings (SSSR count). The lowest BCUT2D eigenvalue weighted by atomic mass is 9.82. The van der Waals surface area contributed by atoms with Gasteiger partial charge in [-0.15, -0.1) is 0 Å². The number of hydrogen-bond acceptors (Lipinski definition) is 1. The van der Waals surface area contributed by atoms with Gasteiger partial charge in [-0.25, -0.2) is 0 Å². The van der Waals surface area contributed by atoms with E-state index in [0.717, 1.165) is 28.8 Å². The topological polar surface area (TPSA) is 29.1 Å². The number of nitrogens with one attached hydrogen (secondary N) is 1.